The first-order valence-corrected chi connectivity index (χ1v) is 6.73. The second-order valence-electron chi connectivity index (χ2n) is 4.67. The van der Waals surface area contributed by atoms with Crippen LogP contribution in [0.2, 0.25) is 0 Å². The summed E-state index contributed by atoms with van der Waals surface area (Å²) >= 11 is 0. The smallest absolute Gasteiger partial charge is 0.335 e. The van der Waals surface area contributed by atoms with Crippen molar-refractivity contribution in [2.75, 3.05) is 0 Å². The largest absolute Gasteiger partial charge is 0.488 e. The zero-order valence-electron chi connectivity index (χ0n) is 12.3. The van der Waals surface area contributed by atoms with Gasteiger partial charge in [-0.2, -0.15) is 0 Å². The SMILES string of the molecule is CC(=O)Oc1cccc(OCc2ccc(C(=O)O)cc2)c1C=O. The molecule has 0 aliphatic heterocycles. The molecule has 0 radical (unpaired) electrons. The number of carboxylic acid groups (broad SMARTS) is 1. The highest BCUT2D eigenvalue weighted by atomic mass is 16.5. The van der Waals surface area contributed by atoms with Gasteiger partial charge in [-0.25, -0.2) is 4.79 Å². The molecule has 0 heterocycles. The van der Waals surface area contributed by atoms with Crippen molar-refractivity contribution in [3.63, 3.8) is 0 Å². The Kier molecular flexibility index (Phi) is 5.09. The topological polar surface area (TPSA) is 89.9 Å². The van der Waals surface area contributed by atoms with Gasteiger partial charge in [0.1, 0.15) is 18.1 Å². The fourth-order valence-corrected chi connectivity index (χ4v) is 1.91. The number of carbonyl (C=O) groups excluding carboxylic acids is 2. The normalized spacial score (nSPS) is 9.96. The molecule has 0 aliphatic carbocycles. The highest BCUT2D eigenvalue weighted by molar-refractivity contribution is 5.87. The molecular formula is C17H14O6. The van der Waals surface area contributed by atoms with E-state index in [0.717, 1.165) is 5.56 Å². The Morgan fingerprint density at radius 2 is 1.74 bits per heavy atom. The number of aldehydes is 1. The van der Waals surface area contributed by atoms with Crippen molar-refractivity contribution in [2.24, 2.45) is 0 Å². The molecule has 2 aromatic carbocycles. The van der Waals surface area contributed by atoms with Gasteiger partial charge in [0.2, 0.25) is 0 Å². The molecule has 0 atom stereocenters. The van der Waals surface area contributed by atoms with Crippen LogP contribution in [0.1, 0.15) is 33.2 Å². The van der Waals surface area contributed by atoms with Gasteiger partial charge in [0.05, 0.1) is 11.1 Å². The monoisotopic (exact) mass is 314 g/mol. The summed E-state index contributed by atoms with van der Waals surface area (Å²) in [5, 5.41) is 8.84. The first-order valence-electron chi connectivity index (χ1n) is 6.73. The van der Waals surface area contributed by atoms with Gasteiger partial charge in [0.15, 0.2) is 6.29 Å². The molecule has 0 aromatic heterocycles. The highest BCUT2D eigenvalue weighted by Crippen LogP contribution is 2.27. The fraction of sp³-hybridized carbons (Fsp3) is 0.118. The standard InChI is InChI=1S/C17H14O6/c1-11(19)23-16-4-2-3-15(14(16)9-18)22-10-12-5-7-13(8-6-12)17(20)21/h2-9H,10H2,1H3,(H,20,21). The lowest BCUT2D eigenvalue weighted by Gasteiger charge is -2.11. The Hall–Kier alpha value is -3.15. The molecule has 0 unspecified atom stereocenters. The van der Waals surface area contributed by atoms with Crippen LogP contribution in [-0.4, -0.2) is 23.3 Å². The molecule has 0 fully saturated rings. The molecule has 0 spiro atoms. The van der Waals surface area contributed by atoms with E-state index in [1.807, 2.05) is 0 Å². The van der Waals surface area contributed by atoms with Crippen molar-refractivity contribution < 1.29 is 29.0 Å². The zero-order chi connectivity index (χ0) is 16.8. The number of hydrogen-bond acceptors (Lipinski definition) is 5. The van der Waals surface area contributed by atoms with E-state index in [1.54, 1.807) is 24.3 Å². The molecule has 6 nitrogen and oxygen atoms in total. The molecular weight excluding hydrogens is 300 g/mol. The van der Waals surface area contributed by atoms with Gasteiger partial charge in [-0.15, -0.1) is 0 Å². The number of carbonyl (C=O) groups is 3. The Labute approximate surface area is 132 Å². The lowest BCUT2D eigenvalue weighted by atomic mass is 10.1. The minimum absolute atomic E-state index is 0.131. The zero-order valence-corrected chi connectivity index (χ0v) is 12.3. The van der Waals surface area contributed by atoms with Crippen molar-refractivity contribution >= 4 is 18.2 Å². The quantitative estimate of drug-likeness (QED) is 0.501. The summed E-state index contributed by atoms with van der Waals surface area (Å²) in [7, 11) is 0. The predicted octanol–water partition coefficient (Wildman–Crippen LogP) is 2.70. The lowest BCUT2D eigenvalue weighted by Crippen LogP contribution is -2.06. The van der Waals surface area contributed by atoms with Gasteiger partial charge in [-0.3, -0.25) is 9.59 Å². The molecule has 1 N–H and O–H groups in total. The molecule has 6 heteroatoms. The van der Waals surface area contributed by atoms with E-state index < -0.39 is 11.9 Å². The second-order valence-corrected chi connectivity index (χ2v) is 4.67. The maximum absolute atomic E-state index is 11.2. The Bertz CT molecular complexity index is 733. The molecule has 0 aliphatic rings. The Balaban J connectivity index is 2.15. The summed E-state index contributed by atoms with van der Waals surface area (Å²) in [6, 6.07) is 10.9. The molecule has 0 saturated carbocycles. The van der Waals surface area contributed by atoms with Crippen molar-refractivity contribution in [1.29, 1.82) is 0 Å². The maximum atomic E-state index is 11.2. The van der Waals surface area contributed by atoms with Gasteiger partial charge in [0, 0.05) is 6.92 Å². The van der Waals surface area contributed by atoms with E-state index in [0.29, 0.717) is 6.29 Å². The van der Waals surface area contributed by atoms with Crippen molar-refractivity contribution in [2.45, 2.75) is 13.5 Å². The molecule has 23 heavy (non-hydrogen) atoms. The van der Waals surface area contributed by atoms with E-state index >= 15 is 0 Å². The minimum atomic E-state index is -1.00. The van der Waals surface area contributed by atoms with Crippen LogP contribution in [0.4, 0.5) is 0 Å². The summed E-state index contributed by atoms with van der Waals surface area (Å²) in [5.74, 6) is -1.13. The van der Waals surface area contributed by atoms with Crippen LogP contribution in [0.3, 0.4) is 0 Å². The molecule has 2 rings (SSSR count). The lowest BCUT2D eigenvalue weighted by molar-refractivity contribution is -0.131. The number of benzene rings is 2. The van der Waals surface area contributed by atoms with Crippen molar-refractivity contribution in [1.82, 2.24) is 0 Å². The summed E-state index contributed by atoms with van der Waals surface area (Å²) in [6.45, 7) is 1.39. The molecule has 0 bridgehead atoms. The highest BCUT2D eigenvalue weighted by Gasteiger charge is 2.12. The molecule has 2 aromatic rings. The third-order valence-corrected chi connectivity index (χ3v) is 2.99. The number of aromatic carboxylic acids is 1. The maximum Gasteiger partial charge on any atom is 0.335 e. The van der Waals surface area contributed by atoms with Crippen LogP contribution >= 0.6 is 0 Å². The van der Waals surface area contributed by atoms with Gasteiger partial charge in [-0.05, 0) is 29.8 Å². The van der Waals surface area contributed by atoms with Gasteiger partial charge < -0.3 is 14.6 Å². The number of carboxylic acids is 1. The van der Waals surface area contributed by atoms with Crippen LogP contribution < -0.4 is 9.47 Å². The average molecular weight is 314 g/mol. The third-order valence-electron chi connectivity index (χ3n) is 2.99. The van der Waals surface area contributed by atoms with E-state index in [4.69, 9.17) is 14.6 Å². The van der Waals surface area contributed by atoms with Crippen LogP contribution in [-0.2, 0) is 11.4 Å². The average Bonchev–Trinajstić information content (AvgIpc) is 2.52. The minimum Gasteiger partial charge on any atom is -0.488 e. The summed E-state index contributed by atoms with van der Waals surface area (Å²) in [5.41, 5.74) is 1.06. The van der Waals surface area contributed by atoms with Crippen LogP contribution in [0.25, 0.3) is 0 Å². The van der Waals surface area contributed by atoms with Crippen LogP contribution in [0.15, 0.2) is 42.5 Å². The van der Waals surface area contributed by atoms with E-state index in [9.17, 15) is 14.4 Å². The molecule has 0 amide bonds. The van der Waals surface area contributed by atoms with Crippen LogP contribution in [0.5, 0.6) is 11.5 Å². The first kappa shape index (κ1) is 16.2. The fourth-order valence-electron chi connectivity index (χ4n) is 1.91. The number of rotatable bonds is 6. The van der Waals surface area contributed by atoms with Crippen molar-refractivity contribution in [3.8, 4) is 11.5 Å². The van der Waals surface area contributed by atoms with Crippen molar-refractivity contribution in [3.05, 3.63) is 59.2 Å². The third kappa shape index (κ3) is 4.16. The van der Waals surface area contributed by atoms with E-state index in [-0.39, 0.29) is 29.2 Å². The van der Waals surface area contributed by atoms with Gasteiger partial charge >= 0.3 is 11.9 Å². The summed E-state index contributed by atoms with van der Waals surface area (Å²) < 4.78 is 10.5. The Morgan fingerprint density at radius 3 is 2.30 bits per heavy atom. The molecule has 0 saturated heterocycles. The number of esters is 1. The summed E-state index contributed by atoms with van der Waals surface area (Å²) in [4.78, 5) is 33.0. The van der Waals surface area contributed by atoms with Crippen LogP contribution in [0, 0.1) is 0 Å². The molecule has 118 valence electrons. The van der Waals surface area contributed by atoms with Gasteiger partial charge in [-0.1, -0.05) is 18.2 Å². The van der Waals surface area contributed by atoms with Gasteiger partial charge in [0.25, 0.3) is 0 Å². The Morgan fingerprint density at radius 1 is 1.09 bits per heavy atom. The van der Waals surface area contributed by atoms with E-state index in [2.05, 4.69) is 0 Å². The first-order chi connectivity index (χ1) is 11.0. The predicted molar refractivity (Wildman–Crippen MR) is 80.9 cm³/mol. The summed E-state index contributed by atoms with van der Waals surface area (Å²) in [6.07, 6.45) is 0.557. The second kappa shape index (κ2) is 7.22. The number of ether oxygens (including phenoxy) is 2. The van der Waals surface area contributed by atoms with E-state index in [1.165, 1.54) is 25.1 Å². The number of hydrogen-bond donors (Lipinski definition) is 1.